The quantitative estimate of drug-likeness (QED) is 0.403. The molecule has 0 saturated carbocycles. The first-order chi connectivity index (χ1) is 12.0. The molecule has 0 aliphatic carbocycles. The van der Waals surface area contributed by atoms with E-state index in [1.165, 1.54) is 7.11 Å². The predicted octanol–water partition coefficient (Wildman–Crippen LogP) is 4.52. The number of carbonyl (C=O) groups excluding carboxylic acids is 2. The van der Waals surface area contributed by atoms with Crippen molar-refractivity contribution in [2.24, 2.45) is 11.8 Å². The molecule has 0 aliphatic rings. The Morgan fingerprint density at radius 2 is 1.16 bits per heavy atom. The number of carbonyl (C=O) groups is 2. The number of esters is 2. The van der Waals surface area contributed by atoms with Crippen LogP contribution in [0.4, 0.5) is 0 Å². The van der Waals surface area contributed by atoms with Crippen LogP contribution < -0.4 is 0 Å². The van der Waals surface area contributed by atoms with Crippen molar-refractivity contribution in [3.8, 4) is 0 Å². The van der Waals surface area contributed by atoms with Gasteiger partial charge in [-0.15, -0.1) is 0 Å². The molecule has 0 amide bonds. The molecule has 0 spiro atoms. The van der Waals surface area contributed by atoms with Crippen molar-refractivity contribution in [2.75, 3.05) is 20.3 Å². The van der Waals surface area contributed by atoms with E-state index >= 15 is 0 Å². The van der Waals surface area contributed by atoms with Crippen molar-refractivity contribution >= 4 is 11.9 Å². The first kappa shape index (κ1) is 23.9. The smallest absolute Gasteiger partial charge is 0.309 e. The van der Waals surface area contributed by atoms with Crippen LogP contribution in [0.3, 0.4) is 0 Å². The van der Waals surface area contributed by atoms with Crippen LogP contribution in [0.1, 0.15) is 79.1 Å². The fraction of sp³-hybridized carbons (Fsp3) is 0.900. The van der Waals surface area contributed by atoms with E-state index in [1.807, 2.05) is 13.8 Å². The summed E-state index contributed by atoms with van der Waals surface area (Å²) in [6.07, 6.45) is 7.03. The first-order valence-electron chi connectivity index (χ1n) is 9.89. The molecule has 0 heterocycles. The molecule has 5 nitrogen and oxygen atoms in total. The Morgan fingerprint density at radius 1 is 0.760 bits per heavy atom. The molecule has 0 aromatic heterocycles. The molecule has 148 valence electrons. The Hall–Kier alpha value is -1.10. The summed E-state index contributed by atoms with van der Waals surface area (Å²) in [5.74, 6) is -0.477. The number of hydrogen-bond acceptors (Lipinski definition) is 5. The summed E-state index contributed by atoms with van der Waals surface area (Å²) in [6.45, 7) is 8.46. The van der Waals surface area contributed by atoms with Gasteiger partial charge < -0.3 is 14.2 Å². The summed E-state index contributed by atoms with van der Waals surface area (Å²) in [6, 6.07) is 0. The van der Waals surface area contributed by atoms with Gasteiger partial charge in [-0.1, -0.05) is 53.4 Å². The van der Waals surface area contributed by atoms with Gasteiger partial charge in [-0.3, -0.25) is 9.59 Å². The van der Waals surface area contributed by atoms with Gasteiger partial charge in [-0.25, -0.2) is 0 Å². The third-order valence-corrected chi connectivity index (χ3v) is 4.62. The second-order valence-corrected chi connectivity index (χ2v) is 6.61. The van der Waals surface area contributed by atoms with Crippen LogP contribution in [-0.4, -0.2) is 38.4 Å². The van der Waals surface area contributed by atoms with Gasteiger partial charge in [0.05, 0.1) is 11.8 Å². The lowest BCUT2D eigenvalue weighted by Crippen LogP contribution is -2.30. The van der Waals surface area contributed by atoms with Crippen LogP contribution in [-0.2, 0) is 23.8 Å². The summed E-state index contributed by atoms with van der Waals surface area (Å²) >= 11 is 0. The summed E-state index contributed by atoms with van der Waals surface area (Å²) in [5.41, 5.74) is 0. The fourth-order valence-electron chi connectivity index (χ4n) is 2.65. The predicted molar refractivity (Wildman–Crippen MR) is 99.3 cm³/mol. The number of hydrogen-bond donors (Lipinski definition) is 0. The topological polar surface area (TPSA) is 61.8 Å². The third-order valence-electron chi connectivity index (χ3n) is 4.62. The van der Waals surface area contributed by atoms with Crippen molar-refractivity contribution in [2.45, 2.75) is 85.2 Å². The molecule has 25 heavy (non-hydrogen) atoms. The largest absolute Gasteiger partial charge is 0.463 e. The molecule has 0 aromatic carbocycles. The Bertz CT molecular complexity index is 324. The van der Waals surface area contributed by atoms with E-state index in [2.05, 4.69) is 13.8 Å². The minimum atomic E-state index is -0.416. The van der Waals surface area contributed by atoms with Gasteiger partial charge in [0.15, 0.2) is 0 Å². The first-order valence-corrected chi connectivity index (χ1v) is 9.89. The van der Waals surface area contributed by atoms with Gasteiger partial charge in [0.2, 0.25) is 0 Å². The Labute approximate surface area is 153 Å². The molecule has 2 atom stereocenters. The molecular formula is C20H38O5. The van der Waals surface area contributed by atoms with E-state index in [1.54, 1.807) is 0 Å². The summed E-state index contributed by atoms with van der Waals surface area (Å²) in [4.78, 5) is 24.3. The second kappa shape index (κ2) is 15.2. The lowest BCUT2D eigenvalue weighted by atomic mass is 10.00. The van der Waals surface area contributed by atoms with Gasteiger partial charge in [-0.05, 0) is 25.7 Å². The highest BCUT2D eigenvalue weighted by atomic mass is 16.6. The van der Waals surface area contributed by atoms with E-state index in [4.69, 9.17) is 14.2 Å². The van der Waals surface area contributed by atoms with Crippen molar-refractivity contribution in [3.05, 3.63) is 0 Å². The van der Waals surface area contributed by atoms with Gasteiger partial charge in [0, 0.05) is 7.11 Å². The maximum atomic E-state index is 12.1. The minimum Gasteiger partial charge on any atom is -0.463 e. The van der Waals surface area contributed by atoms with E-state index in [9.17, 15) is 9.59 Å². The zero-order valence-corrected chi connectivity index (χ0v) is 16.8. The average molecular weight is 359 g/mol. The lowest BCUT2D eigenvalue weighted by Gasteiger charge is -2.20. The molecule has 0 fully saturated rings. The number of ether oxygens (including phenoxy) is 3. The van der Waals surface area contributed by atoms with Gasteiger partial charge >= 0.3 is 11.9 Å². The highest BCUT2D eigenvalue weighted by Gasteiger charge is 2.22. The van der Waals surface area contributed by atoms with E-state index in [0.29, 0.717) is 0 Å². The maximum absolute atomic E-state index is 12.1. The zero-order chi connectivity index (χ0) is 19.1. The monoisotopic (exact) mass is 358 g/mol. The fourth-order valence-corrected chi connectivity index (χ4v) is 2.65. The molecule has 2 unspecified atom stereocenters. The summed E-state index contributed by atoms with van der Waals surface area (Å²) < 4.78 is 16.0. The molecule has 0 N–H and O–H groups in total. The molecule has 0 saturated heterocycles. The molecule has 0 radical (unpaired) electrons. The van der Waals surface area contributed by atoms with Gasteiger partial charge in [0.1, 0.15) is 19.3 Å². The molecular weight excluding hydrogens is 320 g/mol. The molecule has 0 rings (SSSR count). The molecule has 0 aromatic rings. The standard InChI is InChI=1S/C20H38O5/c1-6-10-12-16(8-3)19(21)24-14-18(23-5)15-25-20(22)17(9-4)13-11-7-2/h16-18H,6-15H2,1-5H3. The molecule has 0 aliphatic heterocycles. The number of rotatable bonds is 15. The summed E-state index contributed by atoms with van der Waals surface area (Å²) in [7, 11) is 1.54. The van der Waals surface area contributed by atoms with Crippen LogP contribution in [0.15, 0.2) is 0 Å². The van der Waals surface area contributed by atoms with Gasteiger partial charge in [-0.2, -0.15) is 0 Å². The van der Waals surface area contributed by atoms with Crippen molar-refractivity contribution in [3.63, 3.8) is 0 Å². The Morgan fingerprint density at radius 3 is 1.44 bits per heavy atom. The normalized spacial score (nSPS) is 14.6. The molecule has 5 heteroatoms. The van der Waals surface area contributed by atoms with Crippen LogP contribution in [0.2, 0.25) is 0 Å². The average Bonchev–Trinajstić information content (AvgIpc) is 2.63. The summed E-state index contributed by atoms with van der Waals surface area (Å²) in [5, 5.41) is 0. The van der Waals surface area contributed by atoms with Crippen molar-refractivity contribution in [1.29, 1.82) is 0 Å². The zero-order valence-electron chi connectivity index (χ0n) is 16.8. The SMILES string of the molecule is CCCCC(CC)C(=O)OCC(COC(=O)C(CC)CCCC)OC. The Kier molecular flexibility index (Phi) is 14.5. The van der Waals surface area contributed by atoms with E-state index in [0.717, 1.165) is 51.4 Å². The lowest BCUT2D eigenvalue weighted by molar-refractivity contribution is -0.159. The third kappa shape index (κ3) is 10.5. The molecule has 0 bridgehead atoms. The van der Waals surface area contributed by atoms with Gasteiger partial charge in [0.25, 0.3) is 0 Å². The highest BCUT2D eigenvalue weighted by Crippen LogP contribution is 2.16. The van der Waals surface area contributed by atoms with Crippen LogP contribution in [0.25, 0.3) is 0 Å². The van der Waals surface area contributed by atoms with Crippen LogP contribution in [0.5, 0.6) is 0 Å². The van der Waals surface area contributed by atoms with Crippen LogP contribution >= 0.6 is 0 Å². The number of methoxy groups -OCH3 is 1. The highest BCUT2D eigenvalue weighted by molar-refractivity contribution is 5.72. The van der Waals surface area contributed by atoms with Crippen molar-refractivity contribution < 1.29 is 23.8 Å². The van der Waals surface area contributed by atoms with Crippen LogP contribution in [0, 0.1) is 11.8 Å². The number of unbranched alkanes of at least 4 members (excludes halogenated alkanes) is 2. The Balaban J connectivity index is 4.28. The second-order valence-electron chi connectivity index (χ2n) is 6.61. The van der Waals surface area contributed by atoms with E-state index in [-0.39, 0.29) is 37.0 Å². The maximum Gasteiger partial charge on any atom is 0.309 e. The minimum absolute atomic E-state index is 0.0569. The van der Waals surface area contributed by atoms with Crippen molar-refractivity contribution in [1.82, 2.24) is 0 Å². The van der Waals surface area contributed by atoms with E-state index < -0.39 is 6.10 Å².